The smallest absolute Gasteiger partial charge is 0.319 e. The number of phenolic OH excluding ortho intramolecular Hbond substituents is 1. The van der Waals surface area contributed by atoms with Gasteiger partial charge in [-0.05, 0) is 60.6 Å². The number of phenols is 1. The number of amides is 1. The topological polar surface area (TPSA) is 206 Å². The minimum atomic E-state index is -2.63. The number of nitrogens with one attached hydrogen (secondary N) is 1. The number of allylic oxidation sites excluding steroid dienone is 2. The molecule has 0 aliphatic heterocycles. The van der Waals surface area contributed by atoms with Gasteiger partial charge in [-0.1, -0.05) is 12.1 Å². The van der Waals surface area contributed by atoms with Crippen LogP contribution < -0.4 is 15.8 Å². The largest absolute Gasteiger partial charge is 0.511 e. The van der Waals surface area contributed by atoms with Crippen LogP contribution >= 0.6 is 0 Å². The molecule has 43 heavy (non-hydrogen) atoms. The highest BCUT2D eigenvalue weighted by Crippen LogP contribution is 2.52. The molecule has 12 nitrogen and oxygen atoms in total. The number of fused-ring (bicyclic) bond motifs is 3. The quantitative estimate of drug-likeness (QED) is 0.193. The third-order valence-electron chi connectivity index (χ3n) is 8.40. The monoisotopic (exact) mass is 592 g/mol. The van der Waals surface area contributed by atoms with Crippen molar-refractivity contribution in [2.45, 2.75) is 38.3 Å². The summed E-state index contributed by atoms with van der Waals surface area (Å²) in [6, 6.07) is 8.40. The number of rotatable bonds is 8. The average molecular weight is 593 g/mol. The standard InChI is InChI=1S/C31H32N2O10/c1-3-43-23(36)13-33-12-14-4-7-22(42-2)18(8-14)17-5-6-20(34)25-19(17)10-15-9-16-11-21(35)26(30(32)40)29(39)31(16,41)28(38)24(15)27(25)37/h4-8,15-16,33-35,38,41H,3,9-13H2,1-2H3,(H2,32,40)/t15?,16?,31-/m0/s1. The molecule has 2 unspecified atom stereocenters. The SMILES string of the molecule is CCOC(=O)CNCc1ccc(OC)c(-c2ccc(O)c3c2CC2CC4CC(O)=C(C(N)=O)C(=O)[C@@]4(O)C(O)=C2C3=O)c1. The van der Waals surface area contributed by atoms with Crippen molar-refractivity contribution in [2.24, 2.45) is 17.6 Å². The fraction of sp³-hybridized carbons (Fsp3) is 0.355. The molecule has 0 saturated heterocycles. The molecule has 2 aromatic rings. The van der Waals surface area contributed by atoms with Crippen LogP contribution in [-0.4, -0.2) is 69.7 Å². The van der Waals surface area contributed by atoms with Gasteiger partial charge >= 0.3 is 5.97 Å². The number of hydrogen-bond donors (Lipinski definition) is 6. The maximum atomic E-state index is 13.9. The highest BCUT2D eigenvalue weighted by Gasteiger charge is 2.59. The number of primary amides is 1. The molecule has 3 aliphatic carbocycles. The number of nitrogens with two attached hydrogens (primary N) is 1. The molecular weight excluding hydrogens is 560 g/mol. The Morgan fingerprint density at radius 2 is 1.84 bits per heavy atom. The maximum absolute atomic E-state index is 13.9. The van der Waals surface area contributed by atoms with Gasteiger partial charge in [0.1, 0.15) is 28.6 Å². The molecule has 1 amide bonds. The van der Waals surface area contributed by atoms with Crippen molar-refractivity contribution in [3.05, 3.63) is 69.7 Å². The lowest BCUT2D eigenvalue weighted by molar-refractivity contribution is -0.144. The molecule has 0 heterocycles. The van der Waals surface area contributed by atoms with Crippen LogP contribution in [0.1, 0.15) is 41.3 Å². The molecule has 2 aromatic carbocycles. The van der Waals surface area contributed by atoms with E-state index in [4.69, 9.17) is 15.2 Å². The summed E-state index contributed by atoms with van der Waals surface area (Å²) < 4.78 is 10.5. The van der Waals surface area contributed by atoms with Crippen LogP contribution in [0.2, 0.25) is 0 Å². The zero-order valence-corrected chi connectivity index (χ0v) is 23.6. The van der Waals surface area contributed by atoms with Crippen LogP contribution in [0.25, 0.3) is 11.1 Å². The lowest BCUT2D eigenvalue weighted by Crippen LogP contribution is -2.57. The Hall–Kier alpha value is -4.68. The third-order valence-corrected chi connectivity index (χ3v) is 8.40. The maximum Gasteiger partial charge on any atom is 0.319 e. The summed E-state index contributed by atoms with van der Waals surface area (Å²) in [6.07, 6.45) is -0.142. The number of aliphatic hydroxyl groups excluding tert-OH is 2. The summed E-state index contributed by atoms with van der Waals surface area (Å²) in [4.78, 5) is 50.6. The predicted octanol–water partition coefficient (Wildman–Crippen LogP) is 1.91. The summed E-state index contributed by atoms with van der Waals surface area (Å²) in [7, 11) is 1.50. The van der Waals surface area contributed by atoms with Gasteiger partial charge in [0, 0.05) is 30.0 Å². The highest BCUT2D eigenvalue weighted by atomic mass is 16.5. The van der Waals surface area contributed by atoms with Crippen LogP contribution in [0.5, 0.6) is 11.5 Å². The Morgan fingerprint density at radius 3 is 2.51 bits per heavy atom. The van der Waals surface area contributed by atoms with Crippen LogP contribution in [0.15, 0.2) is 53.0 Å². The molecule has 226 valence electrons. The molecule has 5 rings (SSSR count). The first-order valence-electron chi connectivity index (χ1n) is 13.8. The minimum Gasteiger partial charge on any atom is -0.511 e. The molecule has 0 bridgehead atoms. The van der Waals surface area contributed by atoms with E-state index in [2.05, 4.69) is 5.32 Å². The Labute approximate surface area is 246 Å². The molecular formula is C31H32N2O10. The van der Waals surface area contributed by atoms with Crippen molar-refractivity contribution in [1.29, 1.82) is 0 Å². The summed E-state index contributed by atoms with van der Waals surface area (Å²) in [5, 5.41) is 46.9. The summed E-state index contributed by atoms with van der Waals surface area (Å²) in [6.45, 7) is 2.34. The molecule has 12 heteroatoms. The highest BCUT2D eigenvalue weighted by molar-refractivity contribution is 6.24. The van der Waals surface area contributed by atoms with Gasteiger partial charge < -0.3 is 41.0 Å². The molecule has 3 atom stereocenters. The lowest BCUT2D eigenvalue weighted by atomic mass is 9.60. The van der Waals surface area contributed by atoms with Crippen molar-refractivity contribution in [2.75, 3.05) is 20.3 Å². The van der Waals surface area contributed by atoms with Gasteiger partial charge in [0.15, 0.2) is 11.4 Å². The van der Waals surface area contributed by atoms with Crippen molar-refractivity contribution in [3.63, 3.8) is 0 Å². The normalized spacial score (nSPS) is 23.0. The van der Waals surface area contributed by atoms with Crippen molar-refractivity contribution < 1.29 is 49.1 Å². The van der Waals surface area contributed by atoms with Crippen LogP contribution in [-0.2, 0) is 32.1 Å². The summed E-state index contributed by atoms with van der Waals surface area (Å²) >= 11 is 0. The number of Topliss-reactive ketones (excluding diaryl/α,β-unsaturated/α-hetero) is 2. The number of benzene rings is 2. The number of hydrogen-bond acceptors (Lipinski definition) is 11. The van der Waals surface area contributed by atoms with E-state index in [1.165, 1.54) is 13.2 Å². The van der Waals surface area contributed by atoms with E-state index in [9.17, 15) is 39.6 Å². The zero-order valence-electron chi connectivity index (χ0n) is 23.6. The molecule has 0 saturated carbocycles. The zero-order chi connectivity index (χ0) is 31.2. The van der Waals surface area contributed by atoms with Crippen molar-refractivity contribution in [1.82, 2.24) is 5.32 Å². The van der Waals surface area contributed by atoms with Crippen LogP contribution in [0, 0.1) is 11.8 Å². The first-order chi connectivity index (χ1) is 20.4. The van der Waals surface area contributed by atoms with Crippen LogP contribution in [0.4, 0.5) is 0 Å². The Balaban J connectivity index is 1.57. The van der Waals surface area contributed by atoms with Gasteiger partial charge in [-0.2, -0.15) is 0 Å². The number of ketones is 2. The van der Waals surface area contributed by atoms with E-state index in [-0.39, 0.29) is 55.3 Å². The van der Waals surface area contributed by atoms with Crippen LogP contribution in [0.3, 0.4) is 0 Å². The van der Waals surface area contributed by atoms with Gasteiger partial charge in [-0.3, -0.25) is 19.2 Å². The van der Waals surface area contributed by atoms with E-state index >= 15 is 0 Å². The number of esters is 1. The lowest BCUT2D eigenvalue weighted by Gasteiger charge is -2.45. The minimum absolute atomic E-state index is 0.0142. The first-order valence-corrected chi connectivity index (χ1v) is 13.8. The molecule has 0 spiro atoms. The number of carbonyl (C=O) groups excluding carboxylic acids is 4. The number of aromatic hydroxyl groups is 1. The van der Waals surface area contributed by atoms with E-state index in [0.29, 0.717) is 29.0 Å². The fourth-order valence-corrected chi connectivity index (χ4v) is 6.47. The van der Waals surface area contributed by atoms with E-state index in [1.807, 2.05) is 12.1 Å². The van der Waals surface area contributed by atoms with Gasteiger partial charge in [-0.15, -0.1) is 0 Å². The number of methoxy groups -OCH3 is 1. The Morgan fingerprint density at radius 1 is 1.09 bits per heavy atom. The van der Waals surface area contributed by atoms with E-state index in [0.717, 1.165) is 5.56 Å². The van der Waals surface area contributed by atoms with E-state index < -0.39 is 52.0 Å². The number of ether oxygens (including phenoxy) is 2. The second-order valence-corrected chi connectivity index (χ2v) is 10.8. The molecule has 7 N–H and O–H groups in total. The first kappa shape index (κ1) is 29.8. The molecule has 0 fully saturated rings. The summed E-state index contributed by atoms with van der Waals surface area (Å²) in [5.74, 6) is -6.75. The predicted molar refractivity (Wildman–Crippen MR) is 151 cm³/mol. The second kappa shape index (κ2) is 11.2. The van der Waals surface area contributed by atoms with Crippen molar-refractivity contribution in [3.8, 4) is 22.6 Å². The summed E-state index contributed by atoms with van der Waals surface area (Å²) in [5.41, 5.74) is 3.96. The molecule has 0 aromatic heterocycles. The Bertz CT molecular complexity index is 1620. The molecule has 0 radical (unpaired) electrons. The average Bonchev–Trinajstić information content (AvgIpc) is 2.95. The second-order valence-electron chi connectivity index (χ2n) is 10.8. The van der Waals surface area contributed by atoms with Gasteiger partial charge in [0.2, 0.25) is 5.78 Å². The van der Waals surface area contributed by atoms with Gasteiger partial charge in [0.25, 0.3) is 5.91 Å². The van der Waals surface area contributed by atoms with Gasteiger partial charge in [-0.25, -0.2) is 0 Å². The van der Waals surface area contributed by atoms with E-state index in [1.54, 1.807) is 19.1 Å². The van der Waals surface area contributed by atoms with Crippen molar-refractivity contribution >= 4 is 23.4 Å². The fourth-order valence-electron chi connectivity index (χ4n) is 6.47. The Kier molecular flexibility index (Phi) is 7.76. The molecule has 3 aliphatic rings. The number of aliphatic hydroxyl groups is 3. The number of carbonyl (C=O) groups is 4. The third kappa shape index (κ3) is 4.82. The van der Waals surface area contributed by atoms with Gasteiger partial charge in [0.05, 0.1) is 25.8 Å².